The van der Waals surface area contributed by atoms with Crippen molar-refractivity contribution in [2.45, 2.75) is 5.03 Å². The van der Waals surface area contributed by atoms with Gasteiger partial charge in [0.15, 0.2) is 5.03 Å². The Bertz CT molecular complexity index is 352. The number of hydrogen-bond acceptors (Lipinski definition) is 3. The van der Waals surface area contributed by atoms with E-state index in [0.29, 0.717) is 4.60 Å². The van der Waals surface area contributed by atoms with Crippen molar-refractivity contribution in [3.8, 4) is 0 Å². The minimum Gasteiger partial charge on any atom is -0.260 e. The monoisotopic (exact) mass is 258 g/mol. The second-order valence-corrected chi connectivity index (χ2v) is 5.19. The van der Waals surface area contributed by atoms with Crippen LogP contribution in [0, 0.1) is 0 Å². The van der Waals surface area contributed by atoms with E-state index >= 15 is 0 Å². The fraction of sp³-hybridized carbons (Fsp3) is 0.250. The summed E-state index contributed by atoms with van der Waals surface area (Å²) in [5.41, 5.74) is 0. The number of aryl methyl sites for hydroxylation is 1. The minimum atomic E-state index is -3.69. The molecule has 0 aliphatic carbocycles. The molecule has 0 aliphatic heterocycles. The van der Waals surface area contributed by atoms with E-state index in [4.69, 9.17) is 10.7 Å². The first kappa shape index (κ1) is 9.02. The molecule has 0 unspecified atom stereocenters. The maximum atomic E-state index is 10.7. The molecule has 1 heterocycles. The Labute approximate surface area is 76.7 Å². The van der Waals surface area contributed by atoms with Crippen molar-refractivity contribution in [1.82, 2.24) is 9.78 Å². The van der Waals surface area contributed by atoms with Gasteiger partial charge in [-0.25, -0.2) is 8.42 Å². The molecule has 11 heavy (non-hydrogen) atoms. The van der Waals surface area contributed by atoms with Crippen LogP contribution < -0.4 is 0 Å². The summed E-state index contributed by atoms with van der Waals surface area (Å²) in [5, 5.41) is 3.49. The highest BCUT2D eigenvalue weighted by Crippen LogP contribution is 2.17. The topological polar surface area (TPSA) is 52.0 Å². The largest absolute Gasteiger partial charge is 0.280 e. The minimum absolute atomic E-state index is 0.145. The molecule has 0 aromatic carbocycles. The number of halogens is 2. The lowest BCUT2D eigenvalue weighted by Gasteiger charge is -1.87. The van der Waals surface area contributed by atoms with Crippen molar-refractivity contribution in [3.05, 3.63) is 10.7 Å². The molecule has 0 spiro atoms. The summed E-state index contributed by atoms with van der Waals surface area (Å²) < 4.78 is 23.3. The summed E-state index contributed by atoms with van der Waals surface area (Å²) in [4.78, 5) is 0. The maximum Gasteiger partial charge on any atom is 0.280 e. The van der Waals surface area contributed by atoms with Crippen LogP contribution in [0.25, 0.3) is 0 Å². The first-order valence-corrected chi connectivity index (χ1v) is 5.65. The molecular formula is C4H4BrClN2O2S. The summed E-state index contributed by atoms with van der Waals surface area (Å²) in [6.07, 6.45) is 0. The van der Waals surface area contributed by atoms with Crippen LogP contribution >= 0.6 is 26.6 Å². The molecular weight excluding hydrogens is 255 g/mol. The SMILES string of the molecule is Cn1nc(S(=O)(=O)Cl)cc1Br. The van der Waals surface area contributed by atoms with Crippen LogP contribution in [0.1, 0.15) is 0 Å². The van der Waals surface area contributed by atoms with E-state index in [1.165, 1.54) is 10.7 Å². The normalized spacial score (nSPS) is 11.9. The smallest absolute Gasteiger partial charge is 0.260 e. The number of aromatic nitrogens is 2. The second-order valence-electron chi connectivity index (χ2n) is 1.87. The summed E-state index contributed by atoms with van der Waals surface area (Å²) in [5.74, 6) is 0. The van der Waals surface area contributed by atoms with Gasteiger partial charge >= 0.3 is 0 Å². The van der Waals surface area contributed by atoms with Crippen molar-refractivity contribution in [3.63, 3.8) is 0 Å². The zero-order valence-electron chi connectivity index (χ0n) is 5.45. The fourth-order valence-electron chi connectivity index (χ4n) is 0.539. The third-order valence-electron chi connectivity index (χ3n) is 1.05. The first-order chi connectivity index (χ1) is 4.91. The maximum absolute atomic E-state index is 10.7. The zero-order chi connectivity index (χ0) is 8.65. The quantitative estimate of drug-likeness (QED) is 0.710. The molecule has 0 saturated carbocycles. The second kappa shape index (κ2) is 2.76. The third-order valence-corrected chi connectivity index (χ3v) is 2.97. The van der Waals surface area contributed by atoms with Crippen LogP contribution in [-0.2, 0) is 16.1 Å². The van der Waals surface area contributed by atoms with Gasteiger partial charge in [0, 0.05) is 23.8 Å². The molecule has 0 amide bonds. The Morgan fingerprint density at radius 2 is 2.27 bits per heavy atom. The van der Waals surface area contributed by atoms with E-state index < -0.39 is 9.05 Å². The van der Waals surface area contributed by atoms with Crippen LogP contribution in [0.2, 0.25) is 0 Å². The summed E-state index contributed by atoms with van der Waals surface area (Å²) >= 11 is 3.09. The van der Waals surface area contributed by atoms with Gasteiger partial charge in [-0.1, -0.05) is 0 Å². The van der Waals surface area contributed by atoms with Gasteiger partial charge in [0.1, 0.15) is 4.60 Å². The van der Waals surface area contributed by atoms with Crippen molar-refractivity contribution in [2.24, 2.45) is 7.05 Å². The van der Waals surface area contributed by atoms with Gasteiger partial charge in [-0.2, -0.15) is 5.10 Å². The summed E-state index contributed by atoms with van der Waals surface area (Å²) in [7, 11) is 2.93. The molecule has 0 fully saturated rings. The first-order valence-electron chi connectivity index (χ1n) is 2.55. The fourth-order valence-corrected chi connectivity index (χ4v) is 1.69. The molecule has 0 bridgehead atoms. The lowest BCUT2D eigenvalue weighted by molar-refractivity contribution is 0.601. The van der Waals surface area contributed by atoms with Gasteiger partial charge in [-0.05, 0) is 15.9 Å². The molecule has 1 aromatic heterocycles. The Balaban J connectivity index is 3.29. The number of nitrogens with zero attached hydrogens (tertiary/aromatic N) is 2. The van der Waals surface area contributed by atoms with Crippen LogP contribution in [-0.4, -0.2) is 18.2 Å². The Morgan fingerprint density at radius 1 is 1.73 bits per heavy atom. The standard InChI is InChI=1S/C4H4BrClN2O2S/c1-8-3(5)2-4(7-8)11(6,9)10/h2H,1H3. The molecule has 0 aliphatic rings. The lowest BCUT2D eigenvalue weighted by atomic mass is 10.7. The van der Waals surface area contributed by atoms with Gasteiger partial charge in [0.2, 0.25) is 0 Å². The molecule has 1 rings (SSSR count). The van der Waals surface area contributed by atoms with Crippen LogP contribution in [0.3, 0.4) is 0 Å². The van der Waals surface area contributed by atoms with Gasteiger partial charge < -0.3 is 0 Å². The van der Waals surface area contributed by atoms with E-state index in [9.17, 15) is 8.42 Å². The van der Waals surface area contributed by atoms with E-state index in [1.54, 1.807) is 7.05 Å². The molecule has 1 aromatic rings. The lowest BCUT2D eigenvalue weighted by Crippen LogP contribution is -1.94. The van der Waals surface area contributed by atoms with Crippen LogP contribution in [0.15, 0.2) is 15.7 Å². The molecule has 0 atom stereocenters. The predicted octanol–water partition coefficient (Wildman–Crippen LogP) is 1.11. The summed E-state index contributed by atoms with van der Waals surface area (Å²) in [6.45, 7) is 0. The molecule has 0 radical (unpaired) electrons. The average Bonchev–Trinajstić information content (AvgIpc) is 2.11. The summed E-state index contributed by atoms with van der Waals surface area (Å²) in [6, 6.07) is 1.34. The van der Waals surface area contributed by atoms with Crippen LogP contribution in [0.4, 0.5) is 0 Å². The molecule has 62 valence electrons. The third kappa shape index (κ3) is 1.94. The van der Waals surface area contributed by atoms with Gasteiger partial charge in [0.05, 0.1) is 0 Å². The highest BCUT2D eigenvalue weighted by atomic mass is 79.9. The highest BCUT2D eigenvalue weighted by molar-refractivity contribution is 9.10. The van der Waals surface area contributed by atoms with Gasteiger partial charge in [-0.3, -0.25) is 4.68 Å². The van der Waals surface area contributed by atoms with Gasteiger partial charge in [0.25, 0.3) is 9.05 Å². The molecule has 4 nitrogen and oxygen atoms in total. The molecule has 0 N–H and O–H groups in total. The van der Waals surface area contributed by atoms with E-state index in [-0.39, 0.29) is 5.03 Å². The van der Waals surface area contributed by atoms with E-state index in [2.05, 4.69) is 21.0 Å². The number of hydrogen-bond donors (Lipinski definition) is 0. The van der Waals surface area contributed by atoms with Crippen molar-refractivity contribution in [2.75, 3.05) is 0 Å². The van der Waals surface area contributed by atoms with E-state index in [0.717, 1.165) is 0 Å². The van der Waals surface area contributed by atoms with Crippen molar-refractivity contribution in [1.29, 1.82) is 0 Å². The zero-order valence-corrected chi connectivity index (χ0v) is 8.61. The van der Waals surface area contributed by atoms with Crippen molar-refractivity contribution >= 4 is 35.7 Å². The Morgan fingerprint density at radius 3 is 2.45 bits per heavy atom. The van der Waals surface area contributed by atoms with Crippen molar-refractivity contribution < 1.29 is 8.42 Å². The Hall–Kier alpha value is -0.0700. The Kier molecular flexibility index (Phi) is 2.27. The van der Waals surface area contributed by atoms with Crippen LogP contribution in [0.5, 0.6) is 0 Å². The van der Waals surface area contributed by atoms with Gasteiger partial charge in [-0.15, -0.1) is 0 Å². The van der Waals surface area contributed by atoms with E-state index in [1.807, 2.05) is 0 Å². The number of rotatable bonds is 1. The molecule has 7 heteroatoms. The highest BCUT2D eigenvalue weighted by Gasteiger charge is 2.14. The predicted molar refractivity (Wildman–Crippen MR) is 43.9 cm³/mol. The average molecular weight is 260 g/mol. The molecule has 0 saturated heterocycles.